The molecule has 0 fully saturated rings. The van der Waals surface area contributed by atoms with Gasteiger partial charge in [0.2, 0.25) is 0 Å². The molecular formula is C19H30NO8+. The predicted molar refractivity (Wildman–Crippen MR) is 98.9 cm³/mol. The Morgan fingerprint density at radius 1 is 0.750 bits per heavy atom. The molecule has 2 N–H and O–H groups in total. The SMILES string of the molecule is CC[NH2+]CC(COC(=O)/C=C/C(=O)OC(C)C)OC(=O)/C=C/C(=O)OC(C)C. The van der Waals surface area contributed by atoms with Crippen molar-refractivity contribution < 1.29 is 43.4 Å². The number of ether oxygens (including phenoxy) is 4. The van der Waals surface area contributed by atoms with Crippen LogP contribution in [0.2, 0.25) is 0 Å². The number of rotatable bonds is 12. The second-order valence-electron chi connectivity index (χ2n) is 6.26. The van der Waals surface area contributed by atoms with Crippen molar-refractivity contribution in [3.63, 3.8) is 0 Å². The fourth-order valence-corrected chi connectivity index (χ4v) is 1.74. The molecule has 0 aliphatic rings. The normalized spacial score (nSPS) is 12.4. The monoisotopic (exact) mass is 400 g/mol. The van der Waals surface area contributed by atoms with Crippen LogP contribution < -0.4 is 5.32 Å². The molecule has 1 unspecified atom stereocenters. The van der Waals surface area contributed by atoms with Crippen molar-refractivity contribution in [2.45, 2.75) is 52.9 Å². The Bertz CT molecular complexity index is 580. The van der Waals surface area contributed by atoms with Crippen molar-refractivity contribution >= 4 is 23.9 Å². The van der Waals surface area contributed by atoms with Crippen LogP contribution in [0.15, 0.2) is 24.3 Å². The molecule has 0 amide bonds. The number of hydrogen-bond acceptors (Lipinski definition) is 8. The van der Waals surface area contributed by atoms with Crippen molar-refractivity contribution in [3.05, 3.63) is 24.3 Å². The third-order valence-electron chi connectivity index (χ3n) is 2.83. The van der Waals surface area contributed by atoms with E-state index in [2.05, 4.69) is 0 Å². The second-order valence-corrected chi connectivity index (χ2v) is 6.26. The van der Waals surface area contributed by atoms with Crippen LogP contribution in [0, 0.1) is 0 Å². The van der Waals surface area contributed by atoms with Crippen molar-refractivity contribution in [1.82, 2.24) is 0 Å². The van der Waals surface area contributed by atoms with Crippen LogP contribution >= 0.6 is 0 Å². The lowest BCUT2D eigenvalue weighted by atomic mass is 10.3. The molecule has 0 bridgehead atoms. The van der Waals surface area contributed by atoms with E-state index in [0.29, 0.717) is 6.54 Å². The van der Waals surface area contributed by atoms with Crippen LogP contribution in [0.4, 0.5) is 0 Å². The summed E-state index contributed by atoms with van der Waals surface area (Å²) >= 11 is 0. The van der Waals surface area contributed by atoms with Gasteiger partial charge in [-0.2, -0.15) is 0 Å². The number of likely N-dealkylation sites (N-methyl/N-ethyl adjacent to an activating group) is 1. The maximum Gasteiger partial charge on any atom is 0.331 e. The van der Waals surface area contributed by atoms with Gasteiger partial charge in [-0.15, -0.1) is 0 Å². The van der Waals surface area contributed by atoms with Gasteiger partial charge in [0, 0.05) is 24.3 Å². The summed E-state index contributed by atoms with van der Waals surface area (Å²) in [6.07, 6.45) is 2.50. The first-order chi connectivity index (χ1) is 13.1. The van der Waals surface area contributed by atoms with E-state index in [0.717, 1.165) is 30.8 Å². The Morgan fingerprint density at radius 2 is 1.18 bits per heavy atom. The van der Waals surface area contributed by atoms with Gasteiger partial charge in [0.05, 0.1) is 18.8 Å². The van der Waals surface area contributed by atoms with Gasteiger partial charge < -0.3 is 24.3 Å². The zero-order chi connectivity index (χ0) is 21.5. The van der Waals surface area contributed by atoms with Crippen LogP contribution in [0.3, 0.4) is 0 Å². The second kappa shape index (κ2) is 14.4. The molecule has 9 heteroatoms. The molecule has 0 aromatic rings. The number of nitrogens with two attached hydrogens (primary N) is 1. The highest BCUT2D eigenvalue weighted by Gasteiger charge is 2.17. The summed E-state index contributed by atoms with van der Waals surface area (Å²) in [6, 6.07) is 0. The van der Waals surface area contributed by atoms with E-state index in [-0.39, 0.29) is 18.8 Å². The average Bonchev–Trinajstić information content (AvgIpc) is 2.59. The minimum atomic E-state index is -0.769. The maximum absolute atomic E-state index is 11.8. The largest absolute Gasteiger partial charge is 0.460 e. The molecule has 0 aromatic carbocycles. The molecule has 28 heavy (non-hydrogen) atoms. The van der Waals surface area contributed by atoms with Gasteiger partial charge in [-0.05, 0) is 34.6 Å². The summed E-state index contributed by atoms with van der Waals surface area (Å²) in [7, 11) is 0. The fourth-order valence-electron chi connectivity index (χ4n) is 1.74. The highest BCUT2D eigenvalue weighted by Crippen LogP contribution is 1.97. The van der Waals surface area contributed by atoms with Gasteiger partial charge in [-0.25, -0.2) is 19.2 Å². The average molecular weight is 400 g/mol. The molecule has 0 heterocycles. The zero-order valence-electron chi connectivity index (χ0n) is 17.0. The summed E-state index contributed by atoms with van der Waals surface area (Å²) < 4.78 is 19.9. The standard InChI is InChI=1S/C19H29NO8/c1-6-20-11-15(28-19(24)10-9-18(23)27-14(4)5)12-25-16(21)7-8-17(22)26-13(2)3/h7-10,13-15,20H,6,11-12H2,1-5H3/p+1/b8-7+,10-9+. The van der Waals surface area contributed by atoms with Gasteiger partial charge in [0.25, 0.3) is 0 Å². The van der Waals surface area contributed by atoms with E-state index in [1.165, 1.54) is 0 Å². The molecule has 0 aliphatic carbocycles. The van der Waals surface area contributed by atoms with E-state index in [1.54, 1.807) is 27.7 Å². The van der Waals surface area contributed by atoms with E-state index in [4.69, 9.17) is 18.9 Å². The van der Waals surface area contributed by atoms with Crippen molar-refractivity contribution in [3.8, 4) is 0 Å². The predicted octanol–water partition coefficient (Wildman–Crippen LogP) is 0.0403. The van der Waals surface area contributed by atoms with E-state index in [9.17, 15) is 19.2 Å². The zero-order valence-corrected chi connectivity index (χ0v) is 17.0. The molecule has 0 aliphatic heterocycles. The van der Waals surface area contributed by atoms with Crippen LogP contribution in [0.25, 0.3) is 0 Å². The minimum Gasteiger partial charge on any atom is -0.460 e. The lowest BCUT2D eigenvalue weighted by molar-refractivity contribution is -0.657. The first-order valence-electron chi connectivity index (χ1n) is 9.10. The molecule has 0 saturated carbocycles. The van der Waals surface area contributed by atoms with Crippen molar-refractivity contribution in [2.24, 2.45) is 0 Å². The lowest BCUT2D eigenvalue weighted by Gasteiger charge is -2.15. The lowest BCUT2D eigenvalue weighted by Crippen LogP contribution is -2.86. The summed E-state index contributed by atoms with van der Waals surface area (Å²) in [5.41, 5.74) is 0. The quantitative estimate of drug-likeness (QED) is 0.277. The highest BCUT2D eigenvalue weighted by atomic mass is 16.6. The maximum atomic E-state index is 11.8. The number of esters is 4. The van der Waals surface area contributed by atoms with E-state index < -0.39 is 30.0 Å². The van der Waals surface area contributed by atoms with Gasteiger partial charge in [-0.1, -0.05) is 0 Å². The number of quaternary nitrogens is 1. The summed E-state index contributed by atoms with van der Waals surface area (Å²) in [5.74, 6) is -2.85. The highest BCUT2D eigenvalue weighted by molar-refractivity contribution is 5.92. The molecule has 158 valence electrons. The Labute approximate surface area is 165 Å². The minimum absolute atomic E-state index is 0.199. The smallest absolute Gasteiger partial charge is 0.331 e. The summed E-state index contributed by atoms with van der Waals surface area (Å²) in [4.78, 5) is 46.2. The van der Waals surface area contributed by atoms with E-state index >= 15 is 0 Å². The summed E-state index contributed by atoms with van der Waals surface area (Å²) in [6.45, 7) is 9.55. The molecule has 0 aromatic heterocycles. The Morgan fingerprint density at radius 3 is 1.61 bits per heavy atom. The topological polar surface area (TPSA) is 122 Å². The first-order valence-corrected chi connectivity index (χ1v) is 9.10. The Hall–Kier alpha value is -2.68. The molecule has 0 saturated heterocycles. The molecule has 0 rings (SSSR count). The molecular weight excluding hydrogens is 370 g/mol. The van der Waals surface area contributed by atoms with Gasteiger partial charge >= 0.3 is 23.9 Å². The Kier molecular flexibility index (Phi) is 13.0. The number of carbonyl (C=O) groups excluding carboxylic acids is 4. The van der Waals surface area contributed by atoms with Gasteiger partial charge in [0.1, 0.15) is 13.2 Å². The Balaban J connectivity index is 4.57. The fraction of sp³-hybridized carbons (Fsp3) is 0.579. The van der Waals surface area contributed by atoms with Crippen molar-refractivity contribution in [1.29, 1.82) is 0 Å². The molecule has 0 spiro atoms. The number of carbonyl (C=O) groups is 4. The summed E-state index contributed by atoms with van der Waals surface area (Å²) in [5, 5.41) is 1.86. The third kappa shape index (κ3) is 14.5. The molecule has 9 nitrogen and oxygen atoms in total. The number of hydrogen-bond donors (Lipinski definition) is 1. The molecule has 0 radical (unpaired) electrons. The van der Waals surface area contributed by atoms with Crippen LogP contribution in [-0.4, -0.2) is 61.9 Å². The van der Waals surface area contributed by atoms with Crippen LogP contribution in [0.5, 0.6) is 0 Å². The van der Waals surface area contributed by atoms with Crippen LogP contribution in [-0.2, 0) is 38.1 Å². The van der Waals surface area contributed by atoms with Crippen LogP contribution in [0.1, 0.15) is 34.6 Å². The van der Waals surface area contributed by atoms with Gasteiger partial charge in [-0.3, -0.25) is 0 Å². The third-order valence-corrected chi connectivity index (χ3v) is 2.83. The van der Waals surface area contributed by atoms with Crippen molar-refractivity contribution in [2.75, 3.05) is 19.7 Å². The first kappa shape index (κ1) is 25.3. The molecule has 1 atom stereocenters. The van der Waals surface area contributed by atoms with Gasteiger partial charge in [0.15, 0.2) is 6.10 Å². The van der Waals surface area contributed by atoms with E-state index in [1.807, 2.05) is 12.2 Å².